The van der Waals surface area contributed by atoms with E-state index in [2.05, 4.69) is 0 Å². The highest BCUT2D eigenvalue weighted by atomic mass is 19.1. The van der Waals surface area contributed by atoms with E-state index in [1.54, 1.807) is 6.92 Å². The van der Waals surface area contributed by atoms with E-state index in [1.165, 1.54) is 18.2 Å². The summed E-state index contributed by atoms with van der Waals surface area (Å²) in [6, 6.07) is 4.11. The number of aliphatic carboxylic acids is 1. The SMILES string of the molecule is Cc1cc(F)ccc1C(=O)CC1(CC(=O)O)CCCC1. The van der Waals surface area contributed by atoms with E-state index in [0.717, 1.165) is 25.7 Å². The van der Waals surface area contributed by atoms with Crippen LogP contribution in [0.5, 0.6) is 0 Å². The Labute approximate surface area is 117 Å². The Balaban J connectivity index is 2.18. The molecule has 0 unspecified atom stereocenters. The van der Waals surface area contributed by atoms with Crippen molar-refractivity contribution in [2.24, 2.45) is 5.41 Å². The van der Waals surface area contributed by atoms with Gasteiger partial charge in [-0.1, -0.05) is 12.8 Å². The topological polar surface area (TPSA) is 54.4 Å². The number of carbonyl (C=O) groups is 2. The van der Waals surface area contributed by atoms with Crippen molar-refractivity contribution >= 4 is 11.8 Å². The van der Waals surface area contributed by atoms with Gasteiger partial charge in [-0.3, -0.25) is 9.59 Å². The van der Waals surface area contributed by atoms with Crippen LogP contribution in [-0.2, 0) is 4.79 Å². The van der Waals surface area contributed by atoms with E-state index >= 15 is 0 Å². The molecule has 0 bridgehead atoms. The number of carbonyl (C=O) groups excluding carboxylic acids is 1. The summed E-state index contributed by atoms with van der Waals surface area (Å²) in [6.07, 6.45) is 3.80. The highest BCUT2D eigenvalue weighted by Crippen LogP contribution is 2.44. The largest absolute Gasteiger partial charge is 0.481 e. The molecular formula is C16H19FO3. The number of benzene rings is 1. The zero-order valence-corrected chi connectivity index (χ0v) is 11.6. The Morgan fingerprint density at radius 2 is 1.90 bits per heavy atom. The lowest BCUT2D eigenvalue weighted by molar-refractivity contribution is -0.139. The first kappa shape index (κ1) is 14.7. The van der Waals surface area contributed by atoms with Crippen molar-refractivity contribution in [3.63, 3.8) is 0 Å². The third-order valence-electron chi connectivity index (χ3n) is 4.21. The number of carboxylic acid groups (broad SMARTS) is 1. The summed E-state index contributed by atoms with van der Waals surface area (Å²) in [5, 5.41) is 9.05. The first-order valence-corrected chi connectivity index (χ1v) is 6.93. The van der Waals surface area contributed by atoms with Gasteiger partial charge < -0.3 is 5.11 Å². The standard InChI is InChI=1S/C16H19FO3/c1-11-8-12(17)4-5-13(11)14(18)9-16(10-15(19)20)6-2-3-7-16/h4-5,8H,2-3,6-7,9-10H2,1H3,(H,19,20). The van der Waals surface area contributed by atoms with Gasteiger partial charge in [-0.25, -0.2) is 4.39 Å². The molecule has 1 aliphatic carbocycles. The van der Waals surface area contributed by atoms with Gasteiger partial charge in [-0.05, 0) is 48.9 Å². The van der Waals surface area contributed by atoms with Gasteiger partial charge in [-0.15, -0.1) is 0 Å². The molecule has 3 nitrogen and oxygen atoms in total. The van der Waals surface area contributed by atoms with E-state index in [4.69, 9.17) is 5.11 Å². The minimum atomic E-state index is -0.851. The molecule has 0 aromatic heterocycles. The molecule has 0 atom stereocenters. The van der Waals surface area contributed by atoms with Gasteiger partial charge in [-0.2, -0.15) is 0 Å². The second kappa shape index (κ2) is 5.73. The maximum absolute atomic E-state index is 13.1. The van der Waals surface area contributed by atoms with Crippen LogP contribution >= 0.6 is 0 Å². The summed E-state index contributed by atoms with van der Waals surface area (Å²) in [6.45, 7) is 1.70. The number of halogens is 1. The van der Waals surface area contributed by atoms with Gasteiger partial charge in [0.1, 0.15) is 5.82 Å². The number of ketones is 1. The first-order chi connectivity index (χ1) is 9.42. The van der Waals surface area contributed by atoms with E-state index in [1.807, 2.05) is 0 Å². The molecule has 1 fully saturated rings. The Hall–Kier alpha value is -1.71. The first-order valence-electron chi connectivity index (χ1n) is 6.93. The number of rotatable bonds is 5. The molecule has 4 heteroatoms. The van der Waals surface area contributed by atoms with E-state index in [9.17, 15) is 14.0 Å². The highest BCUT2D eigenvalue weighted by molar-refractivity contribution is 5.98. The predicted octanol–water partition coefficient (Wildman–Crippen LogP) is 3.74. The molecule has 1 aliphatic rings. The fourth-order valence-electron chi connectivity index (χ4n) is 3.24. The Kier molecular flexibility index (Phi) is 4.21. The van der Waals surface area contributed by atoms with Crippen LogP contribution in [0.25, 0.3) is 0 Å². The summed E-state index contributed by atoms with van der Waals surface area (Å²) in [5.74, 6) is -1.29. The second-order valence-electron chi connectivity index (χ2n) is 5.84. The third-order valence-corrected chi connectivity index (χ3v) is 4.21. The molecule has 0 amide bonds. The average Bonchev–Trinajstić information content (AvgIpc) is 2.75. The van der Waals surface area contributed by atoms with Crippen LogP contribution in [0.15, 0.2) is 18.2 Å². The van der Waals surface area contributed by atoms with Crippen LogP contribution in [0.1, 0.15) is 54.4 Å². The van der Waals surface area contributed by atoms with Crippen molar-refractivity contribution in [1.29, 1.82) is 0 Å². The number of Topliss-reactive ketones (excluding diaryl/α,β-unsaturated/α-hetero) is 1. The van der Waals surface area contributed by atoms with Gasteiger partial charge in [0.15, 0.2) is 5.78 Å². The Morgan fingerprint density at radius 1 is 1.25 bits per heavy atom. The highest BCUT2D eigenvalue weighted by Gasteiger charge is 2.38. The van der Waals surface area contributed by atoms with Crippen LogP contribution in [0.2, 0.25) is 0 Å². The zero-order chi connectivity index (χ0) is 14.8. The van der Waals surface area contributed by atoms with E-state index in [0.29, 0.717) is 11.1 Å². The van der Waals surface area contributed by atoms with E-state index in [-0.39, 0.29) is 24.4 Å². The summed E-state index contributed by atoms with van der Waals surface area (Å²) < 4.78 is 13.1. The van der Waals surface area contributed by atoms with Gasteiger partial charge in [0, 0.05) is 12.0 Å². The molecule has 1 aromatic rings. The number of hydrogen-bond acceptors (Lipinski definition) is 2. The summed E-state index contributed by atoms with van der Waals surface area (Å²) >= 11 is 0. The summed E-state index contributed by atoms with van der Waals surface area (Å²) in [7, 11) is 0. The van der Waals surface area contributed by atoms with Gasteiger partial charge in [0.05, 0.1) is 6.42 Å². The molecule has 2 rings (SSSR count). The van der Waals surface area contributed by atoms with Crippen molar-refractivity contribution in [1.82, 2.24) is 0 Å². The van der Waals surface area contributed by atoms with Gasteiger partial charge >= 0.3 is 5.97 Å². The fourth-order valence-corrected chi connectivity index (χ4v) is 3.24. The number of aryl methyl sites for hydroxylation is 1. The van der Waals surface area contributed by atoms with Gasteiger partial charge in [0.2, 0.25) is 0 Å². The molecule has 0 heterocycles. The molecule has 1 saturated carbocycles. The normalized spacial score (nSPS) is 17.1. The lowest BCUT2D eigenvalue weighted by Gasteiger charge is -2.26. The van der Waals surface area contributed by atoms with Crippen LogP contribution in [0.4, 0.5) is 4.39 Å². The van der Waals surface area contributed by atoms with E-state index < -0.39 is 11.4 Å². The van der Waals surface area contributed by atoms with Crippen molar-refractivity contribution in [2.75, 3.05) is 0 Å². The van der Waals surface area contributed by atoms with Crippen molar-refractivity contribution in [3.05, 3.63) is 35.1 Å². The zero-order valence-electron chi connectivity index (χ0n) is 11.6. The molecule has 1 N–H and O–H groups in total. The maximum atomic E-state index is 13.1. The van der Waals surface area contributed by atoms with Crippen LogP contribution in [-0.4, -0.2) is 16.9 Å². The average molecular weight is 278 g/mol. The summed E-state index contributed by atoms with van der Waals surface area (Å²) in [5.41, 5.74) is 0.700. The minimum Gasteiger partial charge on any atom is -0.481 e. The van der Waals surface area contributed by atoms with Crippen molar-refractivity contribution in [2.45, 2.75) is 45.4 Å². The number of carboxylic acids is 1. The van der Waals surface area contributed by atoms with Crippen molar-refractivity contribution in [3.8, 4) is 0 Å². The molecule has 0 aliphatic heterocycles. The quantitative estimate of drug-likeness (QED) is 0.835. The molecule has 108 valence electrons. The molecular weight excluding hydrogens is 259 g/mol. The maximum Gasteiger partial charge on any atom is 0.303 e. The Bertz CT molecular complexity index is 531. The fraction of sp³-hybridized carbons (Fsp3) is 0.500. The third kappa shape index (κ3) is 3.24. The second-order valence-corrected chi connectivity index (χ2v) is 5.84. The molecule has 0 radical (unpaired) electrons. The Morgan fingerprint density at radius 3 is 2.45 bits per heavy atom. The van der Waals surface area contributed by atoms with Crippen LogP contribution in [0.3, 0.4) is 0 Å². The lowest BCUT2D eigenvalue weighted by Crippen LogP contribution is -2.25. The van der Waals surface area contributed by atoms with Crippen molar-refractivity contribution < 1.29 is 19.1 Å². The minimum absolute atomic E-state index is 0.0407. The molecule has 0 saturated heterocycles. The lowest BCUT2D eigenvalue weighted by atomic mass is 9.77. The molecule has 20 heavy (non-hydrogen) atoms. The van der Waals surface area contributed by atoms with Crippen LogP contribution in [0, 0.1) is 18.2 Å². The molecule has 0 spiro atoms. The van der Waals surface area contributed by atoms with Gasteiger partial charge in [0.25, 0.3) is 0 Å². The monoisotopic (exact) mass is 278 g/mol. The number of hydrogen-bond donors (Lipinski definition) is 1. The molecule has 1 aromatic carbocycles. The predicted molar refractivity (Wildman–Crippen MR) is 73.2 cm³/mol. The smallest absolute Gasteiger partial charge is 0.303 e. The summed E-state index contributed by atoms with van der Waals surface area (Å²) in [4.78, 5) is 23.4. The van der Waals surface area contributed by atoms with Crippen LogP contribution < -0.4 is 0 Å².